The molecule has 3 aromatic carbocycles. The molecule has 4 aromatic rings. The largest absolute Gasteiger partial charge is 0.508 e. The first-order valence-corrected chi connectivity index (χ1v) is 10.5. The summed E-state index contributed by atoms with van der Waals surface area (Å²) in [6.45, 7) is 0. The minimum Gasteiger partial charge on any atom is -0.508 e. The van der Waals surface area contributed by atoms with Gasteiger partial charge >= 0.3 is 0 Å². The Balaban J connectivity index is 1.50. The highest BCUT2D eigenvalue weighted by Gasteiger charge is 2.30. The highest BCUT2D eigenvalue weighted by atomic mass is 16.6. The molecule has 1 N–H and O–H groups in total. The Labute approximate surface area is 194 Å². The number of phenolic OH excluding ortho intramolecular Hbond substituents is 1. The number of benzene rings is 3. The molecule has 2 heterocycles. The number of nitro groups is 1. The van der Waals surface area contributed by atoms with Crippen LogP contribution >= 0.6 is 0 Å². The number of hydrogen-bond acceptors (Lipinski definition) is 5. The van der Waals surface area contributed by atoms with Crippen LogP contribution in [0, 0.1) is 10.1 Å². The summed E-state index contributed by atoms with van der Waals surface area (Å²) in [7, 11) is 0. The minimum atomic E-state index is -0.454. The maximum atomic E-state index is 13.4. The van der Waals surface area contributed by atoms with Crippen LogP contribution in [0.25, 0.3) is 23.1 Å². The molecule has 1 aromatic heterocycles. The Morgan fingerprint density at radius 2 is 1.56 bits per heavy atom. The number of anilines is 1. The number of nitro benzene ring substituents is 1. The van der Waals surface area contributed by atoms with Crippen molar-refractivity contribution in [2.24, 2.45) is 0 Å². The lowest BCUT2D eigenvalue weighted by atomic mass is 10.1. The first-order chi connectivity index (χ1) is 16.5. The third kappa shape index (κ3) is 3.98. The first kappa shape index (κ1) is 21.0. The predicted molar refractivity (Wildman–Crippen MR) is 129 cm³/mol. The number of carbonyl (C=O) groups is 1. The van der Waals surface area contributed by atoms with E-state index in [2.05, 4.69) is 0 Å². The van der Waals surface area contributed by atoms with E-state index < -0.39 is 4.92 Å². The third-order valence-corrected chi connectivity index (χ3v) is 5.45. The highest BCUT2D eigenvalue weighted by molar-refractivity contribution is 6.23. The topological polar surface area (TPSA) is 96.8 Å². The van der Waals surface area contributed by atoms with E-state index in [0.29, 0.717) is 34.0 Å². The summed E-state index contributed by atoms with van der Waals surface area (Å²) in [5.41, 5.74) is 3.35. The van der Waals surface area contributed by atoms with Gasteiger partial charge in [-0.15, -0.1) is 0 Å². The van der Waals surface area contributed by atoms with Crippen molar-refractivity contribution in [2.75, 3.05) is 4.90 Å². The summed E-state index contributed by atoms with van der Waals surface area (Å²) in [5.74, 6) is 0.909. The summed E-state index contributed by atoms with van der Waals surface area (Å²) in [5, 5.41) is 20.5. The molecule has 0 unspecified atom stereocenters. The van der Waals surface area contributed by atoms with Crippen molar-refractivity contribution in [3.8, 4) is 17.1 Å². The molecule has 34 heavy (non-hydrogen) atoms. The van der Waals surface area contributed by atoms with Crippen LogP contribution in [-0.2, 0) is 4.79 Å². The molecular formula is C27H18N2O5. The molecule has 0 aliphatic carbocycles. The molecule has 0 fully saturated rings. The number of hydrogen-bond donors (Lipinski definition) is 1. The second-order valence-electron chi connectivity index (χ2n) is 7.66. The van der Waals surface area contributed by atoms with Crippen LogP contribution in [0.5, 0.6) is 5.75 Å². The van der Waals surface area contributed by atoms with Crippen LogP contribution in [0.2, 0.25) is 0 Å². The maximum Gasteiger partial charge on any atom is 0.269 e. The van der Waals surface area contributed by atoms with E-state index in [0.717, 1.165) is 5.56 Å². The van der Waals surface area contributed by atoms with Crippen LogP contribution in [0.3, 0.4) is 0 Å². The number of phenols is 1. The quantitative estimate of drug-likeness (QED) is 0.227. The zero-order valence-electron chi connectivity index (χ0n) is 17.8. The lowest BCUT2D eigenvalue weighted by Crippen LogP contribution is -2.24. The van der Waals surface area contributed by atoms with Gasteiger partial charge in [0.25, 0.3) is 11.6 Å². The van der Waals surface area contributed by atoms with Crippen molar-refractivity contribution < 1.29 is 19.2 Å². The fourth-order valence-electron chi connectivity index (χ4n) is 3.78. The number of amides is 1. The van der Waals surface area contributed by atoms with E-state index >= 15 is 0 Å². The fourth-order valence-corrected chi connectivity index (χ4v) is 3.78. The van der Waals surface area contributed by atoms with Crippen molar-refractivity contribution in [3.05, 3.63) is 124 Å². The van der Waals surface area contributed by atoms with E-state index in [4.69, 9.17) is 4.42 Å². The monoisotopic (exact) mass is 450 g/mol. The van der Waals surface area contributed by atoms with E-state index in [1.54, 1.807) is 53.5 Å². The molecule has 0 spiro atoms. The van der Waals surface area contributed by atoms with Gasteiger partial charge in [0.2, 0.25) is 0 Å². The molecule has 7 nitrogen and oxygen atoms in total. The molecule has 1 amide bonds. The molecule has 1 aliphatic rings. The zero-order valence-corrected chi connectivity index (χ0v) is 17.8. The van der Waals surface area contributed by atoms with Gasteiger partial charge in [0.05, 0.1) is 10.6 Å². The van der Waals surface area contributed by atoms with Gasteiger partial charge in [-0.3, -0.25) is 19.8 Å². The predicted octanol–water partition coefficient (Wildman–Crippen LogP) is 6.03. The van der Waals surface area contributed by atoms with E-state index in [1.165, 1.54) is 24.3 Å². The third-order valence-electron chi connectivity index (χ3n) is 5.45. The molecule has 7 heteroatoms. The van der Waals surface area contributed by atoms with Crippen molar-refractivity contribution in [1.29, 1.82) is 0 Å². The lowest BCUT2D eigenvalue weighted by molar-refractivity contribution is -0.384. The molecule has 0 radical (unpaired) electrons. The molecule has 0 atom stereocenters. The summed E-state index contributed by atoms with van der Waals surface area (Å²) in [4.78, 5) is 25.4. The van der Waals surface area contributed by atoms with E-state index in [-0.39, 0.29) is 17.3 Å². The van der Waals surface area contributed by atoms with Crippen LogP contribution in [-0.4, -0.2) is 15.9 Å². The number of carbonyl (C=O) groups excluding carboxylic acids is 1. The van der Waals surface area contributed by atoms with Crippen LogP contribution in [0.4, 0.5) is 11.4 Å². The van der Waals surface area contributed by atoms with Crippen LogP contribution in [0.1, 0.15) is 11.3 Å². The first-order valence-electron chi connectivity index (χ1n) is 10.5. The highest BCUT2D eigenvalue weighted by Crippen LogP contribution is 2.36. The number of rotatable bonds is 5. The van der Waals surface area contributed by atoms with Crippen LogP contribution in [0.15, 0.2) is 107 Å². The number of furan rings is 1. The normalized spacial score (nSPS) is 14.5. The number of non-ortho nitro benzene ring substituents is 1. The van der Waals surface area contributed by atoms with E-state index in [1.807, 2.05) is 30.3 Å². The van der Waals surface area contributed by atoms with Crippen LogP contribution < -0.4 is 4.90 Å². The van der Waals surface area contributed by atoms with Gasteiger partial charge in [-0.05, 0) is 66.2 Å². The van der Waals surface area contributed by atoms with Crippen molar-refractivity contribution in [2.45, 2.75) is 0 Å². The Hall–Kier alpha value is -4.91. The molecule has 0 saturated carbocycles. The Bertz CT molecular complexity index is 1430. The van der Waals surface area contributed by atoms with Gasteiger partial charge in [-0.2, -0.15) is 0 Å². The maximum absolute atomic E-state index is 13.4. The standard InChI is InChI=1S/C27H18N2O5/c30-23-12-10-21(11-13-23)28-25(18-4-2-1-3-5-18)17-20(27(28)31)16-24-14-15-26(34-24)19-6-8-22(9-7-19)29(32)33/h1-17,30H. The molecule has 0 bridgehead atoms. The smallest absolute Gasteiger partial charge is 0.269 e. The molecule has 1 aliphatic heterocycles. The van der Waals surface area contributed by atoms with Gasteiger partial charge in [0.1, 0.15) is 17.3 Å². The van der Waals surface area contributed by atoms with Gasteiger partial charge in [0, 0.05) is 29.0 Å². The fraction of sp³-hybridized carbons (Fsp3) is 0. The van der Waals surface area contributed by atoms with Gasteiger partial charge in [0.15, 0.2) is 0 Å². The zero-order chi connectivity index (χ0) is 23.7. The Morgan fingerprint density at radius 1 is 0.853 bits per heavy atom. The van der Waals surface area contributed by atoms with Crippen molar-refractivity contribution >= 4 is 29.1 Å². The summed E-state index contributed by atoms with van der Waals surface area (Å²) >= 11 is 0. The van der Waals surface area contributed by atoms with Gasteiger partial charge in [-0.1, -0.05) is 30.3 Å². The average Bonchev–Trinajstić information content (AvgIpc) is 3.45. The van der Waals surface area contributed by atoms with Crippen molar-refractivity contribution in [1.82, 2.24) is 0 Å². The SMILES string of the molecule is O=C1C(=Cc2ccc(-c3ccc([N+](=O)[O-])cc3)o2)C=C(c2ccccc2)N1c1ccc(O)cc1. The summed E-state index contributed by atoms with van der Waals surface area (Å²) in [6.07, 6.45) is 3.47. The molecular weight excluding hydrogens is 432 g/mol. The minimum absolute atomic E-state index is 0.00195. The summed E-state index contributed by atoms with van der Waals surface area (Å²) in [6, 6.07) is 25.6. The lowest BCUT2D eigenvalue weighted by Gasteiger charge is -2.20. The Kier molecular flexibility index (Phi) is 5.27. The van der Waals surface area contributed by atoms with E-state index in [9.17, 15) is 20.0 Å². The van der Waals surface area contributed by atoms with Gasteiger partial charge < -0.3 is 9.52 Å². The Morgan fingerprint density at radius 3 is 2.24 bits per heavy atom. The molecule has 166 valence electrons. The number of nitrogens with zero attached hydrogens (tertiary/aromatic N) is 2. The number of aromatic hydroxyl groups is 1. The second kappa shape index (κ2) is 8.55. The second-order valence-corrected chi connectivity index (χ2v) is 7.66. The average molecular weight is 450 g/mol. The molecule has 5 rings (SSSR count). The van der Waals surface area contributed by atoms with Gasteiger partial charge in [-0.25, -0.2) is 0 Å². The van der Waals surface area contributed by atoms with Crippen molar-refractivity contribution in [3.63, 3.8) is 0 Å². The molecule has 0 saturated heterocycles. The summed E-state index contributed by atoms with van der Waals surface area (Å²) < 4.78 is 5.90.